The summed E-state index contributed by atoms with van der Waals surface area (Å²) >= 11 is 8.70. The Hall–Kier alpha value is -1.92. The first-order valence-electron chi connectivity index (χ1n) is 8.14. The Morgan fingerprint density at radius 1 is 1.20 bits per heavy atom. The van der Waals surface area contributed by atoms with Crippen LogP contribution in [0.2, 0.25) is 0 Å². The Kier molecular flexibility index (Phi) is 7.40. The molecule has 2 rings (SSSR count). The van der Waals surface area contributed by atoms with E-state index < -0.39 is 0 Å². The third-order valence-electron chi connectivity index (χ3n) is 3.64. The highest BCUT2D eigenvalue weighted by molar-refractivity contribution is 9.10. The van der Waals surface area contributed by atoms with Gasteiger partial charge in [-0.1, -0.05) is 37.3 Å². The molecule has 0 aliphatic carbocycles. The lowest BCUT2D eigenvalue weighted by Gasteiger charge is -2.19. The van der Waals surface area contributed by atoms with Crippen molar-refractivity contribution in [2.24, 2.45) is 0 Å². The Bertz CT molecular complexity index is 737. The van der Waals surface area contributed by atoms with Crippen LogP contribution in [0.5, 0.6) is 5.75 Å². The number of carbonyl (C=O) groups excluding carboxylic acids is 1. The molecule has 2 N–H and O–H groups in total. The lowest BCUT2D eigenvalue weighted by Crippen LogP contribution is -2.40. The molecule has 4 nitrogen and oxygen atoms in total. The summed E-state index contributed by atoms with van der Waals surface area (Å²) in [6, 6.07) is 15.3. The van der Waals surface area contributed by atoms with Gasteiger partial charge in [0, 0.05) is 5.56 Å². The van der Waals surface area contributed by atoms with E-state index in [0.717, 1.165) is 16.5 Å². The average Bonchev–Trinajstić information content (AvgIpc) is 2.62. The van der Waals surface area contributed by atoms with Crippen molar-refractivity contribution in [2.45, 2.75) is 26.3 Å². The largest absolute Gasteiger partial charge is 0.493 e. The van der Waals surface area contributed by atoms with Crippen LogP contribution in [0, 0.1) is 0 Å². The highest BCUT2D eigenvalue weighted by Crippen LogP contribution is 2.26. The van der Waals surface area contributed by atoms with E-state index in [1.54, 1.807) is 18.2 Å². The van der Waals surface area contributed by atoms with Crippen molar-refractivity contribution in [2.75, 3.05) is 6.61 Å². The summed E-state index contributed by atoms with van der Waals surface area (Å²) in [5.41, 5.74) is 1.64. The van der Waals surface area contributed by atoms with Gasteiger partial charge in [-0.05, 0) is 65.3 Å². The lowest BCUT2D eigenvalue weighted by atomic mass is 10.1. The van der Waals surface area contributed by atoms with Crippen LogP contribution < -0.4 is 15.4 Å². The minimum Gasteiger partial charge on any atom is -0.493 e. The molecule has 2 aromatic rings. The fraction of sp³-hybridized carbons (Fsp3) is 0.263. The van der Waals surface area contributed by atoms with Crippen LogP contribution in [-0.4, -0.2) is 17.6 Å². The number of hydrogen-bond acceptors (Lipinski definition) is 3. The van der Waals surface area contributed by atoms with Crippen LogP contribution in [0.3, 0.4) is 0 Å². The zero-order chi connectivity index (χ0) is 18.2. The molecule has 0 radical (unpaired) electrons. The third kappa shape index (κ3) is 5.54. The quantitative estimate of drug-likeness (QED) is 0.670. The van der Waals surface area contributed by atoms with E-state index in [9.17, 15) is 4.79 Å². The van der Waals surface area contributed by atoms with Gasteiger partial charge in [0.1, 0.15) is 5.75 Å². The van der Waals surface area contributed by atoms with Gasteiger partial charge in [-0.25, -0.2) is 0 Å². The van der Waals surface area contributed by atoms with Gasteiger partial charge in [0.2, 0.25) is 0 Å². The van der Waals surface area contributed by atoms with Gasteiger partial charge in [-0.15, -0.1) is 0 Å². The smallest absolute Gasteiger partial charge is 0.257 e. The fourth-order valence-electron chi connectivity index (χ4n) is 2.39. The normalized spacial score (nSPS) is 11.5. The summed E-state index contributed by atoms with van der Waals surface area (Å²) in [5, 5.41) is 6.23. The molecule has 6 heteroatoms. The van der Waals surface area contributed by atoms with E-state index in [1.165, 1.54) is 0 Å². The zero-order valence-corrected chi connectivity index (χ0v) is 16.6. The zero-order valence-electron chi connectivity index (χ0n) is 14.2. The lowest BCUT2D eigenvalue weighted by molar-refractivity contribution is 0.0976. The van der Waals surface area contributed by atoms with E-state index in [1.807, 2.05) is 37.3 Å². The van der Waals surface area contributed by atoms with Crippen molar-refractivity contribution in [1.29, 1.82) is 0 Å². The van der Waals surface area contributed by atoms with Crippen molar-refractivity contribution in [3.8, 4) is 5.75 Å². The number of halogens is 1. The van der Waals surface area contributed by atoms with E-state index in [2.05, 4.69) is 33.5 Å². The van der Waals surface area contributed by atoms with Crippen molar-refractivity contribution < 1.29 is 9.53 Å². The van der Waals surface area contributed by atoms with Gasteiger partial charge in [-0.2, -0.15) is 0 Å². The Labute approximate surface area is 162 Å². The first-order chi connectivity index (χ1) is 12.0. The second kappa shape index (κ2) is 9.53. The summed E-state index contributed by atoms with van der Waals surface area (Å²) in [4.78, 5) is 12.4. The van der Waals surface area contributed by atoms with Crippen LogP contribution in [0.25, 0.3) is 0 Å². The predicted molar refractivity (Wildman–Crippen MR) is 108 cm³/mol. The number of carbonyl (C=O) groups is 1. The minimum atomic E-state index is -0.260. The Morgan fingerprint density at radius 3 is 2.52 bits per heavy atom. The van der Waals surface area contributed by atoms with Gasteiger partial charge < -0.3 is 10.1 Å². The Morgan fingerprint density at radius 2 is 1.92 bits per heavy atom. The maximum atomic E-state index is 12.4. The molecule has 0 saturated carbocycles. The van der Waals surface area contributed by atoms with Crippen molar-refractivity contribution >= 4 is 39.2 Å². The predicted octanol–water partition coefficient (Wildman–Crippen LogP) is 4.60. The van der Waals surface area contributed by atoms with E-state index in [0.29, 0.717) is 23.0 Å². The van der Waals surface area contributed by atoms with Gasteiger partial charge in [-0.3, -0.25) is 10.1 Å². The summed E-state index contributed by atoms with van der Waals surface area (Å²) in [7, 11) is 0. The summed E-state index contributed by atoms with van der Waals surface area (Å²) < 4.78 is 6.18. The van der Waals surface area contributed by atoms with Gasteiger partial charge in [0.15, 0.2) is 5.11 Å². The molecule has 0 fully saturated rings. The Balaban J connectivity index is 2.00. The number of benzene rings is 2. The second-order valence-electron chi connectivity index (χ2n) is 5.38. The number of hydrogen-bond donors (Lipinski definition) is 2. The third-order valence-corrected chi connectivity index (χ3v) is 4.48. The number of ether oxygens (including phenoxy) is 1. The number of rotatable bonds is 6. The molecular weight excluding hydrogens is 400 g/mol. The topological polar surface area (TPSA) is 50.4 Å². The molecule has 1 atom stereocenters. The van der Waals surface area contributed by atoms with Gasteiger partial charge >= 0.3 is 0 Å². The van der Waals surface area contributed by atoms with E-state index in [4.69, 9.17) is 17.0 Å². The molecule has 0 aliphatic rings. The maximum Gasteiger partial charge on any atom is 0.257 e. The minimum absolute atomic E-state index is 0.0565. The molecule has 0 aliphatic heterocycles. The molecule has 1 unspecified atom stereocenters. The molecule has 132 valence electrons. The first kappa shape index (κ1) is 19.4. The van der Waals surface area contributed by atoms with E-state index in [-0.39, 0.29) is 11.9 Å². The monoisotopic (exact) mass is 420 g/mol. The number of thiocarbonyl (C=S) groups is 1. The molecule has 0 heterocycles. The fourth-order valence-corrected chi connectivity index (χ4v) is 3.12. The van der Waals surface area contributed by atoms with Gasteiger partial charge in [0.25, 0.3) is 5.91 Å². The van der Waals surface area contributed by atoms with Crippen LogP contribution in [0.15, 0.2) is 53.0 Å². The molecule has 0 bridgehead atoms. The van der Waals surface area contributed by atoms with Crippen molar-refractivity contribution in [3.63, 3.8) is 0 Å². The van der Waals surface area contributed by atoms with Crippen LogP contribution in [0.1, 0.15) is 42.2 Å². The molecule has 1 amide bonds. The van der Waals surface area contributed by atoms with Crippen LogP contribution >= 0.6 is 28.1 Å². The van der Waals surface area contributed by atoms with Crippen LogP contribution in [-0.2, 0) is 0 Å². The number of amides is 1. The highest BCUT2D eigenvalue weighted by Gasteiger charge is 2.14. The van der Waals surface area contributed by atoms with Gasteiger partial charge in [0.05, 0.1) is 17.1 Å². The molecule has 0 saturated heterocycles. The molecular formula is C19H21BrN2O2S. The molecule has 2 aromatic carbocycles. The van der Waals surface area contributed by atoms with Crippen LogP contribution in [0.4, 0.5) is 0 Å². The standard InChI is InChI=1S/C19H21BrN2O2S/c1-3-16(13-8-6-5-7-9-13)21-19(25)22-18(23)14-10-11-17(24-4-2)15(20)12-14/h5-12,16H,3-4H2,1-2H3,(H2,21,22,23,25). The average molecular weight is 421 g/mol. The highest BCUT2D eigenvalue weighted by atomic mass is 79.9. The molecule has 0 spiro atoms. The van der Waals surface area contributed by atoms with Crippen molar-refractivity contribution in [1.82, 2.24) is 10.6 Å². The summed E-state index contributed by atoms with van der Waals surface area (Å²) in [6.45, 7) is 4.54. The maximum absolute atomic E-state index is 12.4. The second-order valence-corrected chi connectivity index (χ2v) is 6.64. The SMILES string of the molecule is CCOc1ccc(C(=O)NC(=S)NC(CC)c2ccccc2)cc1Br. The first-order valence-corrected chi connectivity index (χ1v) is 9.34. The molecule has 25 heavy (non-hydrogen) atoms. The summed E-state index contributed by atoms with van der Waals surface area (Å²) in [6.07, 6.45) is 0.856. The molecule has 0 aromatic heterocycles. The number of nitrogens with one attached hydrogen (secondary N) is 2. The summed E-state index contributed by atoms with van der Waals surface area (Å²) in [5.74, 6) is 0.444. The van der Waals surface area contributed by atoms with Crippen molar-refractivity contribution in [3.05, 3.63) is 64.1 Å². The van der Waals surface area contributed by atoms with E-state index >= 15 is 0 Å².